The molecule has 0 amide bonds. The molecule has 0 bridgehead atoms. The molecule has 3 N–H and O–H groups in total. The quantitative estimate of drug-likeness (QED) is 0.507. The van der Waals surface area contributed by atoms with E-state index in [0.29, 0.717) is 12.5 Å². The largest absolute Gasteiger partial charge is 0.374 e. The van der Waals surface area contributed by atoms with Gasteiger partial charge in [0.2, 0.25) is 0 Å². The maximum Gasteiger partial charge on any atom is 0.147 e. The van der Waals surface area contributed by atoms with Crippen molar-refractivity contribution in [1.82, 2.24) is 10.3 Å². The fraction of sp³-hybridized carbons (Fsp3) is 1.00. The van der Waals surface area contributed by atoms with Gasteiger partial charge in [-0.3, -0.25) is 16.2 Å². The molecular formula is C12H25N3O3S. The van der Waals surface area contributed by atoms with Gasteiger partial charge < -0.3 is 4.74 Å². The highest BCUT2D eigenvalue weighted by Gasteiger charge is 2.35. The average molecular weight is 291 g/mol. The van der Waals surface area contributed by atoms with E-state index in [2.05, 4.69) is 10.3 Å². The van der Waals surface area contributed by atoms with Crippen LogP contribution >= 0.6 is 0 Å². The number of morpholine rings is 1. The van der Waals surface area contributed by atoms with Gasteiger partial charge in [0.05, 0.1) is 12.7 Å². The number of rotatable bonds is 6. The number of hydrogen-bond acceptors (Lipinski definition) is 6. The number of hydrogen-bond donors (Lipinski definition) is 2. The molecule has 112 valence electrons. The molecule has 2 rings (SSSR count). The number of nitrogens with zero attached hydrogens (tertiary/aromatic N) is 1. The summed E-state index contributed by atoms with van der Waals surface area (Å²) in [7, 11) is -2.89. The summed E-state index contributed by atoms with van der Waals surface area (Å²) in [4.78, 5) is 2.47. The van der Waals surface area contributed by atoms with Crippen LogP contribution < -0.4 is 11.3 Å². The second kappa shape index (κ2) is 6.49. The van der Waals surface area contributed by atoms with E-state index in [1.807, 2.05) is 0 Å². The van der Waals surface area contributed by atoms with Crippen molar-refractivity contribution < 1.29 is 13.2 Å². The Morgan fingerprint density at radius 1 is 1.53 bits per heavy atom. The molecule has 2 heterocycles. The smallest absolute Gasteiger partial charge is 0.147 e. The fourth-order valence-electron chi connectivity index (χ4n) is 3.03. The second-order valence-electron chi connectivity index (χ2n) is 5.71. The Kier molecular flexibility index (Phi) is 5.19. The predicted molar refractivity (Wildman–Crippen MR) is 74.4 cm³/mol. The maximum atomic E-state index is 11.1. The van der Waals surface area contributed by atoms with Crippen LogP contribution in [0.5, 0.6) is 0 Å². The van der Waals surface area contributed by atoms with Gasteiger partial charge in [-0.05, 0) is 32.2 Å². The number of ether oxygens (including phenoxy) is 1. The van der Waals surface area contributed by atoms with Crippen molar-refractivity contribution >= 4 is 9.84 Å². The van der Waals surface area contributed by atoms with Gasteiger partial charge in [-0.1, -0.05) is 0 Å². The molecule has 3 unspecified atom stereocenters. The minimum absolute atomic E-state index is 0.0308. The molecule has 2 aliphatic rings. The number of sulfone groups is 1. The Hall–Kier alpha value is -0.210. The van der Waals surface area contributed by atoms with E-state index in [1.165, 1.54) is 19.1 Å². The van der Waals surface area contributed by atoms with Gasteiger partial charge in [0, 0.05) is 30.6 Å². The van der Waals surface area contributed by atoms with Crippen molar-refractivity contribution in [2.45, 2.75) is 43.9 Å². The monoisotopic (exact) mass is 291 g/mol. The minimum Gasteiger partial charge on any atom is -0.374 e. The van der Waals surface area contributed by atoms with Gasteiger partial charge in [-0.25, -0.2) is 8.42 Å². The molecular weight excluding hydrogens is 266 g/mol. The summed E-state index contributed by atoms with van der Waals surface area (Å²) >= 11 is 0. The highest BCUT2D eigenvalue weighted by atomic mass is 32.2. The zero-order valence-corrected chi connectivity index (χ0v) is 12.4. The Morgan fingerprint density at radius 2 is 2.32 bits per heavy atom. The molecule has 0 radical (unpaired) electrons. The second-order valence-corrected chi connectivity index (χ2v) is 7.97. The van der Waals surface area contributed by atoms with Crippen molar-refractivity contribution in [3.63, 3.8) is 0 Å². The van der Waals surface area contributed by atoms with Crippen LogP contribution in [0.4, 0.5) is 0 Å². The van der Waals surface area contributed by atoms with E-state index in [9.17, 15) is 8.42 Å². The topological polar surface area (TPSA) is 84.7 Å². The number of nitrogens with one attached hydrogen (secondary N) is 1. The Balaban J connectivity index is 1.80. The van der Waals surface area contributed by atoms with Gasteiger partial charge in [0.25, 0.3) is 0 Å². The van der Waals surface area contributed by atoms with Gasteiger partial charge >= 0.3 is 0 Å². The molecule has 0 spiro atoms. The first-order valence-corrected chi connectivity index (χ1v) is 9.05. The van der Waals surface area contributed by atoms with Crippen LogP contribution in [0.25, 0.3) is 0 Å². The number of fused-ring (bicyclic) bond motifs is 1. The number of nitrogens with two attached hydrogens (primary N) is 1. The third-order valence-corrected chi connectivity index (χ3v) is 5.14. The molecule has 6 nitrogen and oxygen atoms in total. The summed E-state index contributed by atoms with van der Waals surface area (Å²) in [5.74, 6) is 5.81. The summed E-state index contributed by atoms with van der Waals surface area (Å²) in [5, 5.41) is 0. The summed E-state index contributed by atoms with van der Waals surface area (Å²) in [6, 6.07) is 0.606. The molecule has 7 heteroatoms. The summed E-state index contributed by atoms with van der Waals surface area (Å²) in [5.41, 5.74) is 2.79. The SMILES string of the molecule is CS(=O)(=O)CCCC(NN)C1CN2CCCC2CO1. The highest BCUT2D eigenvalue weighted by molar-refractivity contribution is 7.90. The average Bonchev–Trinajstić information content (AvgIpc) is 2.80. The third kappa shape index (κ3) is 4.39. The van der Waals surface area contributed by atoms with E-state index in [4.69, 9.17) is 10.6 Å². The van der Waals surface area contributed by atoms with Crippen molar-refractivity contribution in [2.24, 2.45) is 5.84 Å². The first-order valence-electron chi connectivity index (χ1n) is 6.99. The fourth-order valence-corrected chi connectivity index (χ4v) is 3.72. The van der Waals surface area contributed by atoms with Crippen molar-refractivity contribution in [1.29, 1.82) is 0 Å². The van der Waals surface area contributed by atoms with E-state index < -0.39 is 9.84 Å². The molecule has 3 atom stereocenters. The molecule has 0 saturated carbocycles. The van der Waals surface area contributed by atoms with Crippen LogP contribution in [0, 0.1) is 0 Å². The lowest BCUT2D eigenvalue weighted by atomic mass is 10.0. The summed E-state index contributed by atoms with van der Waals surface area (Å²) < 4.78 is 28.2. The summed E-state index contributed by atoms with van der Waals surface area (Å²) in [6.45, 7) is 2.82. The van der Waals surface area contributed by atoms with Crippen LogP contribution in [-0.4, -0.2) is 63.2 Å². The molecule has 0 aromatic rings. The molecule has 19 heavy (non-hydrogen) atoms. The van der Waals surface area contributed by atoms with Crippen LogP contribution in [0.3, 0.4) is 0 Å². The first-order chi connectivity index (χ1) is 8.99. The third-order valence-electron chi connectivity index (χ3n) is 4.11. The van der Waals surface area contributed by atoms with Gasteiger partial charge in [0.1, 0.15) is 9.84 Å². The predicted octanol–water partition coefficient (Wildman–Crippen LogP) is -0.494. The standard InChI is InChI=1S/C12H25N3O3S/c1-19(16,17)7-3-5-11(14-13)12-8-15-6-2-4-10(15)9-18-12/h10-12,14H,2-9,13H2,1H3. The van der Waals surface area contributed by atoms with Gasteiger partial charge in [-0.15, -0.1) is 0 Å². The van der Waals surface area contributed by atoms with Gasteiger partial charge in [0.15, 0.2) is 0 Å². The van der Waals surface area contributed by atoms with E-state index in [-0.39, 0.29) is 17.9 Å². The normalized spacial score (nSPS) is 30.2. The van der Waals surface area contributed by atoms with Crippen LogP contribution in [-0.2, 0) is 14.6 Å². The zero-order valence-electron chi connectivity index (χ0n) is 11.5. The highest BCUT2D eigenvalue weighted by Crippen LogP contribution is 2.24. The minimum atomic E-state index is -2.89. The molecule has 0 aliphatic carbocycles. The first kappa shape index (κ1) is 15.2. The lowest BCUT2D eigenvalue weighted by Gasteiger charge is -2.38. The lowest BCUT2D eigenvalue weighted by Crippen LogP contribution is -2.55. The number of hydrazine groups is 1. The van der Waals surface area contributed by atoms with Crippen LogP contribution in [0.2, 0.25) is 0 Å². The van der Waals surface area contributed by atoms with Gasteiger partial charge in [-0.2, -0.15) is 0 Å². The Bertz CT molecular complexity index is 388. The lowest BCUT2D eigenvalue weighted by molar-refractivity contribution is -0.0657. The molecule has 2 aliphatic heterocycles. The molecule has 2 saturated heterocycles. The van der Waals surface area contributed by atoms with E-state index in [1.54, 1.807) is 0 Å². The van der Waals surface area contributed by atoms with Crippen molar-refractivity contribution in [3.8, 4) is 0 Å². The Morgan fingerprint density at radius 3 is 3.00 bits per heavy atom. The van der Waals surface area contributed by atoms with E-state index >= 15 is 0 Å². The van der Waals surface area contributed by atoms with Crippen molar-refractivity contribution in [2.75, 3.05) is 31.7 Å². The van der Waals surface area contributed by atoms with Crippen LogP contribution in [0.1, 0.15) is 25.7 Å². The molecule has 0 aromatic heterocycles. The summed E-state index contributed by atoms with van der Waals surface area (Å²) in [6.07, 6.45) is 5.16. The van der Waals surface area contributed by atoms with E-state index in [0.717, 1.165) is 26.1 Å². The maximum absolute atomic E-state index is 11.1. The van der Waals surface area contributed by atoms with Crippen LogP contribution in [0.15, 0.2) is 0 Å². The molecule has 0 aromatic carbocycles. The Labute approximate surface area is 115 Å². The molecule has 2 fully saturated rings. The zero-order chi connectivity index (χ0) is 13.9. The van der Waals surface area contributed by atoms with Crippen molar-refractivity contribution in [3.05, 3.63) is 0 Å².